The zero-order chi connectivity index (χ0) is 16.1. The van der Waals surface area contributed by atoms with Crippen LogP contribution in [0.25, 0.3) is 11.3 Å². The van der Waals surface area contributed by atoms with E-state index < -0.39 is 0 Å². The quantitative estimate of drug-likeness (QED) is 0.844. The summed E-state index contributed by atoms with van der Waals surface area (Å²) in [7, 11) is 0. The molecule has 0 aliphatic heterocycles. The molecule has 4 aliphatic carbocycles. The van der Waals surface area contributed by atoms with Gasteiger partial charge in [0.05, 0.1) is 5.69 Å². The highest BCUT2D eigenvalue weighted by Gasteiger charge is 2.50. The number of halogens is 1. The van der Waals surface area contributed by atoms with Crippen LogP contribution in [0.3, 0.4) is 0 Å². The minimum Gasteiger partial charge on any atom is -0.356 e. The molecular weight excluding hydrogens is 320 g/mol. The molecule has 6 rings (SSSR count). The van der Waals surface area contributed by atoms with Gasteiger partial charge >= 0.3 is 0 Å². The van der Waals surface area contributed by atoms with Crippen molar-refractivity contribution in [3.05, 3.63) is 41.0 Å². The van der Waals surface area contributed by atoms with E-state index in [-0.39, 0.29) is 0 Å². The van der Waals surface area contributed by atoms with Crippen molar-refractivity contribution in [2.45, 2.75) is 50.6 Å². The van der Waals surface area contributed by atoms with Crippen LogP contribution in [0.1, 0.15) is 44.2 Å². The molecule has 1 aromatic heterocycles. The van der Waals surface area contributed by atoms with Crippen LogP contribution in [-0.4, -0.2) is 10.7 Å². The van der Waals surface area contributed by atoms with Crippen molar-refractivity contribution in [2.24, 2.45) is 17.8 Å². The van der Waals surface area contributed by atoms with Gasteiger partial charge in [-0.25, -0.2) is 0 Å². The third-order valence-electron chi connectivity index (χ3n) is 6.37. The summed E-state index contributed by atoms with van der Waals surface area (Å²) in [4.78, 5) is 0. The van der Waals surface area contributed by atoms with Crippen LogP contribution in [0.5, 0.6) is 0 Å². The first-order valence-electron chi connectivity index (χ1n) is 9.14. The first-order chi connectivity index (χ1) is 11.7. The van der Waals surface area contributed by atoms with Crippen molar-refractivity contribution in [3.63, 3.8) is 0 Å². The first-order valence-corrected chi connectivity index (χ1v) is 9.52. The molecule has 0 saturated heterocycles. The molecule has 0 atom stereocenters. The Balaban J connectivity index is 1.28. The van der Waals surface area contributed by atoms with E-state index in [0.717, 1.165) is 46.3 Å². The van der Waals surface area contributed by atoms with Crippen molar-refractivity contribution >= 4 is 11.6 Å². The Morgan fingerprint density at radius 3 is 2.29 bits per heavy atom. The normalized spacial score (nSPS) is 34.0. The lowest BCUT2D eigenvalue weighted by molar-refractivity contribution is -0.0208. The monoisotopic (exact) mass is 342 g/mol. The molecule has 0 unspecified atom stereocenters. The Bertz CT molecular complexity index is 701. The predicted molar refractivity (Wildman–Crippen MR) is 94.7 cm³/mol. The van der Waals surface area contributed by atoms with Crippen LogP contribution < -0.4 is 5.32 Å². The molecular formula is C20H23ClN2O. The molecule has 126 valence electrons. The fourth-order valence-electron chi connectivity index (χ4n) is 5.75. The third kappa shape index (κ3) is 2.68. The summed E-state index contributed by atoms with van der Waals surface area (Å²) in [5.74, 6) is 3.70. The van der Waals surface area contributed by atoms with Crippen LogP contribution in [0, 0.1) is 17.8 Å². The molecule has 4 bridgehead atoms. The van der Waals surface area contributed by atoms with Gasteiger partial charge in [-0.2, -0.15) is 0 Å². The number of rotatable bonds is 4. The number of nitrogens with one attached hydrogen (secondary N) is 1. The van der Waals surface area contributed by atoms with Gasteiger partial charge in [-0.1, -0.05) is 16.8 Å². The molecule has 4 saturated carbocycles. The van der Waals surface area contributed by atoms with Crippen molar-refractivity contribution in [2.75, 3.05) is 0 Å². The highest BCUT2D eigenvalue weighted by atomic mass is 35.5. The zero-order valence-electron chi connectivity index (χ0n) is 13.8. The molecule has 1 aromatic carbocycles. The number of aromatic nitrogens is 1. The maximum atomic E-state index is 5.95. The lowest BCUT2D eigenvalue weighted by Crippen LogP contribution is -2.58. The summed E-state index contributed by atoms with van der Waals surface area (Å²) in [6.45, 7) is 0.809. The van der Waals surface area contributed by atoms with Crippen molar-refractivity contribution in [1.29, 1.82) is 0 Å². The van der Waals surface area contributed by atoms with Gasteiger partial charge in [0.15, 0.2) is 5.76 Å². The smallest absolute Gasteiger partial charge is 0.167 e. The van der Waals surface area contributed by atoms with E-state index in [1.54, 1.807) is 0 Å². The van der Waals surface area contributed by atoms with Crippen LogP contribution in [0.15, 0.2) is 34.9 Å². The van der Waals surface area contributed by atoms with Gasteiger partial charge in [0.1, 0.15) is 0 Å². The second-order valence-electron chi connectivity index (χ2n) is 8.24. The summed E-state index contributed by atoms with van der Waals surface area (Å²) < 4.78 is 5.53. The van der Waals surface area contributed by atoms with E-state index >= 15 is 0 Å². The predicted octanol–water partition coefficient (Wildman–Crippen LogP) is 5.05. The molecule has 4 fully saturated rings. The number of nitrogens with zero attached hydrogens (tertiary/aromatic N) is 1. The second kappa shape index (κ2) is 5.60. The van der Waals surface area contributed by atoms with Gasteiger partial charge in [-0.15, -0.1) is 0 Å². The molecule has 4 aliphatic rings. The Hall–Kier alpha value is -1.32. The molecule has 3 nitrogen and oxygen atoms in total. The van der Waals surface area contributed by atoms with Gasteiger partial charge in [0.25, 0.3) is 0 Å². The maximum absolute atomic E-state index is 5.95. The fraction of sp³-hybridized carbons (Fsp3) is 0.550. The van der Waals surface area contributed by atoms with Crippen molar-refractivity contribution < 1.29 is 4.52 Å². The average molecular weight is 343 g/mol. The second-order valence-corrected chi connectivity index (χ2v) is 8.68. The van der Waals surface area contributed by atoms with E-state index in [1.807, 2.05) is 24.3 Å². The van der Waals surface area contributed by atoms with E-state index in [2.05, 4.69) is 16.5 Å². The Kier molecular flexibility index (Phi) is 3.50. The minimum absolute atomic E-state index is 0.369. The lowest BCUT2D eigenvalue weighted by atomic mass is 9.53. The molecule has 0 amide bonds. The number of hydrogen-bond donors (Lipinski definition) is 1. The van der Waals surface area contributed by atoms with Crippen LogP contribution in [0.2, 0.25) is 5.02 Å². The largest absolute Gasteiger partial charge is 0.356 e. The molecule has 24 heavy (non-hydrogen) atoms. The Labute approximate surface area is 147 Å². The van der Waals surface area contributed by atoms with E-state index in [9.17, 15) is 0 Å². The number of hydrogen-bond acceptors (Lipinski definition) is 3. The van der Waals surface area contributed by atoms with Gasteiger partial charge in [0, 0.05) is 28.7 Å². The summed E-state index contributed by atoms with van der Waals surface area (Å²) in [6.07, 6.45) is 8.52. The summed E-state index contributed by atoms with van der Waals surface area (Å²) in [5.41, 5.74) is 2.39. The molecule has 2 aromatic rings. The van der Waals surface area contributed by atoms with Crippen molar-refractivity contribution in [1.82, 2.24) is 10.5 Å². The fourth-order valence-corrected chi connectivity index (χ4v) is 5.88. The Morgan fingerprint density at radius 2 is 1.67 bits per heavy atom. The average Bonchev–Trinajstić information content (AvgIpc) is 3.01. The molecule has 0 radical (unpaired) electrons. The van der Waals surface area contributed by atoms with Crippen LogP contribution in [-0.2, 0) is 6.54 Å². The standard InChI is InChI=1S/C20H23ClN2O/c21-17-3-1-16(2-4-17)19-8-18(23-24-19)12-22-20-9-13-5-14(10-20)7-15(6-13)11-20/h1-4,8,13-15,22H,5-7,9-12H2. The van der Waals surface area contributed by atoms with Crippen LogP contribution in [0.4, 0.5) is 0 Å². The molecule has 1 heterocycles. The van der Waals surface area contributed by atoms with Gasteiger partial charge in [0.2, 0.25) is 0 Å². The highest BCUT2D eigenvalue weighted by molar-refractivity contribution is 6.30. The van der Waals surface area contributed by atoms with Gasteiger partial charge in [-0.3, -0.25) is 0 Å². The maximum Gasteiger partial charge on any atom is 0.167 e. The summed E-state index contributed by atoms with van der Waals surface area (Å²) in [6, 6.07) is 9.76. The van der Waals surface area contributed by atoms with Gasteiger partial charge < -0.3 is 9.84 Å². The molecule has 4 heteroatoms. The van der Waals surface area contributed by atoms with E-state index in [0.29, 0.717) is 5.54 Å². The van der Waals surface area contributed by atoms with Crippen LogP contribution >= 0.6 is 11.6 Å². The first kappa shape index (κ1) is 15.0. The van der Waals surface area contributed by atoms with Gasteiger partial charge in [-0.05, 0) is 80.5 Å². The molecule has 1 N–H and O–H groups in total. The SMILES string of the molecule is Clc1ccc(-c2cc(CNC34CC5CC(CC(C5)C3)C4)no2)cc1. The summed E-state index contributed by atoms with van der Waals surface area (Å²) >= 11 is 5.95. The topological polar surface area (TPSA) is 38.1 Å². The highest BCUT2D eigenvalue weighted by Crippen LogP contribution is 2.55. The third-order valence-corrected chi connectivity index (χ3v) is 6.62. The zero-order valence-corrected chi connectivity index (χ0v) is 14.6. The summed E-state index contributed by atoms with van der Waals surface area (Å²) in [5, 5.41) is 8.87. The van der Waals surface area contributed by atoms with Crippen molar-refractivity contribution in [3.8, 4) is 11.3 Å². The Morgan fingerprint density at radius 1 is 1.04 bits per heavy atom. The lowest BCUT2D eigenvalue weighted by Gasteiger charge is -2.57. The van der Waals surface area contributed by atoms with E-state index in [1.165, 1.54) is 38.5 Å². The molecule has 0 spiro atoms. The number of benzene rings is 1. The van der Waals surface area contributed by atoms with E-state index in [4.69, 9.17) is 16.1 Å². The minimum atomic E-state index is 0.369.